The molecule has 2 fully saturated rings. The maximum absolute atomic E-state index is 14.5. The fourth-order valence-electron chi connectivity index (χ4n) is 8.84. The van der Waals surface area contributed by atoms with Crippen LogP contribution in [-0.4, -0.2) is 72.8 Å². The average Bonchev–Trinajstić information content (AvgIpc) is 3.77. The molecule has 10 nitrogen and oxygen atoms in total. The summed E-state index contributed by atoms with van der Waals surface area (Å²) < 4.78 is 7.41. The monoisotopic (exact) mass is 842 g/mol. The van der Waals surface area contributed by atoms with Gasteiger partial charge in [0.1, 0.15) is 29.8 Å². The van der Waals surface area contributed by atoms with Crippen LogP contribution in [0.1, 0.15) is 103 Å². The summed E-state index contributed by atoms with van der Waals surface area (Å²) in [6.45, 7) is 10.4. The Morgan fingerprint density at radius 1 is 0.770 bits per heavy atom. The number of nitrogens with zero attached hydrogens (tertiary/aromatic N) is 1. The summed E-state index contributed by atoms with van der Waals surface area (Å²) >= 11 is 0. The summed E-state index contributed by atoms with van der Waals surface area (Å²) in [5, 5.41) is 10.7. The number of carbonyl (C=O) groups excluding carboxylic acids is 5. The van der Waals surface area contributed by atoms with Crippen molar-refractivity contribution in [2.45, 2.75) is 127 Å². The van der Waals surface area contributed by atoms with Crippen LogP contribution in [-0.2, 0) is 34.8 Å². The normalized spacial score (nSPS) is 21.9. The van der Waals surface area contributed by atoms with Gasteiger partial charge in [-0.2, -0.15) is 0 Å². The van der Waals surface area contributed by atoms with Crippen LogP contribution in [0.25, 0.3) is 0 Å². The molecule has 2 aliphatic heterocycles. The largest absolute Gasteiger partial charge is 0.393 e. The Morgan fingerprint density at radius 3 is 1.92 bits per heavy atom. The maximum atomic E-state index is 14.5. The van der Waals surface area contributed by atoms with Crippen molar-refractivity contribution in [3.05, 3.63) is 132 Å². The number of amides is 4. The molecule has 4 aromatic rings. The van der Waals surface area contributed by atoms with E-state index in [1.54, 1.807) is 18.7 Å². The summed E-state index contributed by atoms with van der Waals surface area (Å²) in [5.41, 5.74) is 0.352. The summed E-state index contributed by atoms with van der Waals surface area (Å²) in [4.78, 5) is 72.0. The smallest absolute Gasteiger partial charge is 0.262 e. The van der Waals surface area contributed by atoms with E-state index in [1.165, 1.54) is 0 Å². The highest BCUT2D eigenvalue weighted by molar-refractivity contribution is 6.99. The zero-order chi connectivity index (χ0) is 43.6. The number of hydrogen-bond donors (Lipinski definition) is 3. The second-order valence-electron chi connectivity index (χ2n) is 17.8. The van der Waals surface area contributed by atoms with E-state index in [4.69, 9.17) is 4.43 Å². The average molecular weight is 843 g/mol. The van der Waals surface area contributed by atoms with Crippen LogP contribution in [0.3, 0.4) is 0 Å². The molecule has 5 atom stereocenters. The molecule has 322 valence electrons. The van der Waals surface area contributed by atoms with E-state index >= 15 is 0 Å². The highest BCUT2D eigenvalue weighted by Crippen LogP contribution is 2.40. The fourth-order valence-corrected chi connectivity index (χ4v) is 13.5. The van der Waals surface area contributed by atoms with E-state index in [2.05, 4.69) is 61.0 Å². The number of nitrogens with one attached hydrogen (secondary N) is 3. The Balaban J connectivity index is 1.17. The lowest BCUT2D eigenvalue weighted by Gasteiger charge is -2.45. The van der Waals surface area contributed by atoms with Gasteiger partial charge in [-0.05, 0) is 65.6 Å². The number of Topliss-reactive ketones (excluding diaryl/α,β-unsaturated/α-hetero) is 1. The molecular formula is C50H62N4O6Si. The first-order chi connectivity index (χ1) is 29.3. The molecule has 0 aromatic heterocycles. The minimum atomic E-state index is -3.09. The second kappa shape index (κ2) is 20.0. The van der Waals surface area contributed by atoms with Gasteiger partial charge in [0.05, 0.1) is 0 Å². The van der Waals surface area contributed by atoms with E-state index < -0.39 is 49.9 Å². The highest BCUT2D eigenvalue weighted by atomic mass is 28.4. The van der Waals surface area contributed by atoms with Crippen molar-refractivity contribution in [3.63, 3.8) is 0 Å². The minimum absolute atomic E-state index is 0.0162. The fraction of sp³-hybridized carbons (Fsp3) is 0.420. The number of unbranched alkanes of at least 4 members (excludes halogenated alkanes) is 2. The van der Waals surface area contributed by atoms with Crippen molar-refractivity contribution >= 4 is 48.1 Å². The molecule has 61 heavy (non-hydrogen) atoms. The van der Waals surface area contributed by atoms with E-state index in [1.807, 2.05) is 97.1 Å². The number of carbonyl (C=O) groups is 5. The Bertz CT molecular complexity index is 2070. The van der Waals surface area contributed by atoms with Crippen molar-refractivity contribution in [2.24, 2.45) is 0 Å². The Kier molecular flexibility index (Phi) is 14.8. The predicted molar refractivity (Wildman–Crippen MR) is 242 cm³/mol. The first kappa shape index (κ1) is 45.1. The molecule has 0 radical (unpaired) electrons. The Hall–Kier alpha value is -5.39. The summed E-state index contributed by atoms with van der Waals surface area (Å²) in [6, 6.07) is 37.2. The molecule has 2 aliphatic rings. The lowest BCUT2D eigenvalue weighted by molar-refractivity contribution is -0.144. The van der Waals surface area contributed by atoms with Gasteiger partial charge in [-0.25, -0.2) is 0 Å². The van der Waals surface area contributed by atoms with E-state index in [9.17, 15) is 24.0 Å². The van der Waals surface area contributed by atoms with Gasteiger partial charge in [0.25, 0.3) is 8.32 Å². The molecule has 1 unspecified atom stereocenters. The molecule has 6 rings (SSSR count). The first-order valence-corrected chi connectivity index (χ1v) is 23.8. The summed E-state index contributed by atoms with van der Waals surface area (Å²) in [7, 11) is -3.09. The molecule has 0 saturated carbocycles. The van der Waals surface area contributed by atoms with Gasteiger partial charge in [-0.3, -0.25) is 24.0 Å². The van der Waals surface area contributed by atoms with Crippen LogP contribution in [0, 0.1) is 0 Å². The molecule has 11 heteroatoms. The zero-order valence-corrected chi connectivity index (χ0v) is 37.3. The molecule has 2 heterocycles. The molecular weight excluding hydrogens is 781 g/mol. The van der Waals surface area contributed by atoms with Gasteiger partial charge in [0.15, 0.2) is 5.78 Å². The van der Waals surface area contributed by atoms with Gasteiger partial charge >= 0.3 is 0 Å². The summed E-state index contributed by atoms with van der Waals surface area (Å²) in [6.07, 6.45) is 3.10. The van der Waals surface area contributed by atoms with Crippen molar-refractivity contribution < 1.29 is 28.4 Å². The van der Waals surface area contributed by atoms with E-state index in [0.29, 0.717) is 45.1 Å². The molecule has 4 amide bonds. The number of hydrogen-bond acceptors (Lipinski definition) is 6. The topological polar surface area (TPSA) is 134 Å². The quantitative estimate of drug-likeness (QED) is 0.0948. The van der Waals surface area contributed by atoms with Crippen LogP contribution < -0.4 is 26.3 Å². The SMILES string of the molecule is CCC1(C)NC(=O)[C@H](CCCCCC(=O)[C@H](O[Si](c2ccccc2)(c2ccccc2)C(C)(C)C)c2ccccc2)NC(=O)[C@H]2CCCN2C(=O)[C@H](Cc2ccccc2)NC1=O. The zero-order valence-electron chi connectivity index (χ0n) is 36.3. The molecule has 2 saturated heterocycles. The lowest BCUT2D eigenvalue weighted by Crippen LogP contribution is -2.67. The van der Waals surface area contributed by atoms with Gasteiger partial charge in [-0.1, -0.05) is 162 Å². The van der Waals surface area contributed by atoms with E-state index in [-0.39, 0.29) is 41.9 Å². The lowest BCUT2D eigenvalue weighted by atomic mass is 9.94. The Morgan fingerprint density at radius 2 is 1.34 bits per heavy atom. The number of fused-ring (bicyclic) bond motifs is 1. The van der Waals surface area contributed by atoms with Gasteiger partial charge in [0, 0.05) is 19.4 Å². The van der Waals surface area contributed by atoms with Gasteiger partial charge in [0.2, 0.25) is 23.6 Å². The second-order valence-corrected chi connectivity index (χ2v) is 22.0. The molecule has 0 aliphatic carbocycles. The first-order valence-electron chi connectivity index (χ1n) is 21.9. The van der Waals surface area contributed by atoms with Crippen LogP contribution in [0.15, 0.2) is 121 Å². The molecule has 3 N–H and O–H groups in total. The van der Waals surface area contributed by atoms with E-state index in [0.717, 1.165) is 21.5 Å². The third-order valence-corrected chi connectivity index (χ3v) is 17.5. The summed E-state index contributed by atoms with van der Waals surface area (Å²) in [5.74, 6) is -1.61. The third-order valence-electron chi connectivity index (χ3n) is 12.5. The van der Waals surface area contributed by atoms with Crippen molar-refractivity contribution in [1.29, 1.82) is 0 Å². The van der Waals surface area contributed by atoms with Crippen LogP contribution >= 0.6 is 0 Å². The number of rotatable bonds is 15. The van der Waals surface area contributed by atoms with Crippen molar-refractivity contribution in [2.75, 3.05) is 6.54 Å². The number of ketones is 1. The van der Waals surface area contributed by atoms with Gasteiger partial charge < -0.3 is 25.3 Å². The standard InChI is InChI=1S/C50H62N4O6Si/c1-6-50(5)48(59)52-41(35-36-23-12-7-13-24-36)47(58)54-34-22-32-42(54)46(57)51-40(45(56)53-50)31-20-11-21-33-43(55)44(37-25-14-8-15-26-37)60-61(49(2,3)4,38-27-16-9-17-28-38)39-29-18-10-19-30-39/h7-10,12-19,23-30,40-42,44H,6,11,20-22,31-35H2,1-5H3,(H,51,57)(H,52,59)(H,53,56)/t40-,41-,42+,44+,50?/m0/s1. The minimum Gasteiger partial charge on any atom is -0.393 e. The van der Waals surface area contributed by atoms with Crippen LogP contribution in [0.5, 0.6) is 0 Å². The van der Waals surface area contributed by atoms with Crippen molar-refractivity contribution in [1.82, 2.24) is 20.9 Å². The molecule has 0 spiro atoms. The third kappa shape index (κ3) is 10.4. The molecule has 0 bridgehead atoms. The van der Waals surface area contributed by atoms with Crippen LogP contribution in [0.4, 0.5) is 0 Å². The number of benzene rings is 4. The molecule has 4 aromatic carbocycles. The highest BCUT2D eigenvalue weighted by Gasteiger charge is 2.52. The maximum Gasteiger partial charge on any atom is 0.262 e. The predicted octanol–water partition coefficient (Wildman–Crippen LogP) is 6.33. The van der Waals surface area contributed by atoms with Gasteiger partial charge in [-0.15, -0.1) is 0 Å². The van der Waals surface area contributed by atoms with Crippen LogP contribution in [0.2, 0.25) is 5.04 Å². The Labute approximate surface area is 362 Å². The van der Waals surface area contributed by atoms with Crippen molar-refractivity contribution in [3.8, 4) is 0 Å².